The van der Waals surface area contributed by atoms with Gasteiger partial charge in [0.15, 0.2) is 0 Å². The van der Waals surface area contributed by atoms with Crippen molar-refractivity contribution in [2.75, 3.05) is 4.90 Å². The van der Waals surface area contributed by atoms with Crippen LogP contribution in [0, 0.1) is 11.6 Å². The van der Waals surface area contributed by atoms with Gasteiger partial charge in [-0.3, -0.25) is 0 Å². The van der Waals surface area contributed by atoms with Crippen LogP contribution in [0.4, 0.5) is 20.2 Å². The Balaban J connectivity index is 1.66. The van der Waals surface area contributed by atoms with E-state index in [1.165, 1.54) is 34.4 Å². The maximum Gasteiger partial charge on any atom is 0.146 e. The van der Waals surface area contributed by atoms with Gasteiger partial charge in [-0.15, -0.1) is 0 Å². The van der Waals surface area contributed by atoms with Crippen molar-refractivity contribution in [3.05, 3.63) is 108 Å². The van der Waals surface area contributed by atoms with Gasteiger partial charge >= 0.3 is 0 Å². The van der Waals surface area contributed by atoms with E-state index in [9.17, 15) is 4.39 Å². The quantitative estimate of drug-likeness (QED) is 0.299. The third kappa shape index (κ3) is 3.51. The zero-order valence-electron chi connectivity index (χ0n) is 20.3. The molecule has 172 valence electrons. The van der Waals surface area contributed by atoms with E-state index in [2.05, 4.69) is 56.3 Å². The van der Waals surface area contributed by atoms with E-state index in [0.717, 1.165) is 11.1 Å². The van der Waals surface area contributed by atoms with Crippen molar-refractivity contribution >= 4 is 11.4 Å². The zero-order chi connectivity index (χ0) is 24.3. The summed E-state index contributed by atoms with van der Waals surface area (Å²) in [6, 6.07) is 26.7. The van der Waals surface area contributed by atoms with Gasteiger partial charge in [0.1, 0.15) is 11.6 Å². The highest BCUT2D eigenvalue weighted by molar-refractivity contribution is 5.85. The summed E-state index contributed by atoms with van der Waals surface area (Å²) >= 11 is 0. The van der Waals surface area contributed by atoms with Crippen molar-refractivity contribution in [3.63, 3.8) is 0 Å². The second-order valence-electron chi connectivity index (χ2n) is 10.6. The van der Waals surface area contributed by atoms with Crippen LogP contribution >= 0.6 is 0 Å². The molecule has 0 unspecified atom stereocenters. The highest BCUT2D eigenvalue weighted by Gasteiger charge is 2.35. The van der Waals surface area contributed by atoms with Gasteiger partial charge in [-0.25, -0.2) is 8.78 Å². The highest BCUT2D eigenvalue weighted by atomic mass is 19.1. The number of rotatable bonds is 3. The topological polar surface area (TPSA) is 3.24 Å². The fourth-order valence-electron chi connectivity index (χ4n) is 5.25. The lowest BCUT2D eigenvalue weighted by atomic mass is 9.82. The van der Waals surface area contributed by atoms with Crippen LogP contribution in [0.3, 0.4) is 0 Å². The molecule has 0 bridgehead atoms. The maximum absolute atomic E-state index is 15.2. The number of fused-ring (bicyclic) bond motifs is 3. The van der Waals surface area contributed by atoms with E-state index in [0.29, 0.717) is 11.4 Å². The Bertz CT molecular complexity index is 1390. The lowest BCUT2D eigenvalue weighted by molar-refractivity contribution is 0.527. The molecule has 0 fully saturated rings. The number of benzene rings is 4. The lowest BCUT2D eigenvalue weighted by Gasteiger charge is -2.38. The van der Waals surface area contributed by atoms with E-state index in [1.54, 1.807) is 29.2 Å². The van der Waals surface area contributed by atoms with Gasteiger partial charge in [-0.2, -0.15) is 0 Å². The molecule has 0 spiro atoms. The average Bonchev–Trinajstić information content (AvgIpc) is 3.02. The van der Waals surface area contributed by atoms with E-state index >= 15 is 4.39 Å². The van der Waals surface area contributed by atoms with Crippen molar-refractivity contribution in [2.24, 2.45) is 0 Å². The highest BCUT2D eigenvalue weighted by Crippen LogP contribution is 2.49. The third-order valence-corrected chi connectivity index (χ3v) is 6.87. The Hall–Kier alpha value is -3.46. The van der Waals surface area contributed by atoms with E-state index in [1.807, 2.05) is 26.8 Å². The van der Waals surface area contributed by atoms with Crippen molar-refractivity contribution in [2.45, 2.75) is 45.6 Å². The number of hydrogen-bond acceptors (Lipinski definition) is 1. The number of para-hydroxylation sites is 1. The minimum atomic E-state index is -0.539. The van der Waals surface area contributed by atoms with E-state index < -0.39 is 5.54 Å². The van der Waals surface area contributed by atoms with Gasteiger partial charge in [-0.05, 0) is 84.5 Å². The number of nitrogens with zero attached hydrogens (tertiary/aromatic N) is 1. The molecule has 3 heteroatoms. The van der Waals surface area contributed by atoms with Crippen LogP contribution in [0.5, 0.6) is 0 Å². The number of anilines is 2. The fourth-order valence-corrected chi connectivity index (χ4v) is 5.25. The summed E-state index contributed by atoms with van der Waals surface area (Å²) in [4.78, 5) is 1.74. The maximum atomic E-state index is 15.2. The van der Waals surface area contributed by atoms with Crippen LogP contribution in [0.15, 0.2) is 84.9 Å². The molecule has 0 N–H and O–H groups in total. The van der Waals surface area contributed by atoms with Crippen molar-refractivity contribution in [1.82, 2.24) is 0 Å². The van der Waals surface area contributed by atoms with Gasteiger partial charge in [0.05, 0.1) is 11.4 Å². The Kier molecular flexibility index (Phi) is 5.12. The van der Waals surface area contributed by atoms with Crippen molar-refractivity contribution in [3.8, 4) is 22.3 Å². The largest absolute Gasteiger partial charge is 0.331 e. The lowest BCUT2D eigenvalue weighted by Crippen LogP contribution is -2.38. The molecular weight excluding hydrogens is 424 g/mol. The smallest absolute Gasteiger partial charge is 0.146 e. The molecule has 34 heavy (non-hydrogen) atoms. The summed E-state index contributed by atoms with van der Waals surface area (Å²) in [6.45, 7) is 10.4. The van der Waals surface area contributed by atoms with Gasteiger partial charge < -0.3 is 4.90 Å². The first-order chi connectivity index (χ1) is 16.1. The fraction of sp³-hybridized carbons (Fsp3) is 0.226. The summed E-state index contributed by atoms with van der Waals surface area (Å²) in [5.74, 6) is -0.756. The summed E-state index contributed by atoms with van der Waals surface area (Å²) in [7, 11) is 0. The van der Waals surface area contributed by atoms with E-state index in [-0.39, 0.29) is 17.0 Å². The SMILES string of the molecule is CC1(C)c2ccccc2-c2cc(-c3ccc(F)c(N(c4ccccc4F)C(C)(C)C)c3)ccc21. The van der Waals surface area contributed by atoms with Gasteiger partial charge in [0.2, 0.25) is 0 Å². The minimum Gasteiger partial charge on any atom is -0.331 e. The van der Waals surface area contributed by atoms with Crippen LogP contribution in [0.1, 0.15) is 45.7 Å². The molecule has 1 nitrogen and oxygen atoms in total. The first-order valence-electron chi connectivity index (χ1n) is 11.7. The van der Waals surface area contributed by atoms with E-state index in [4.69, 9.17) is 0 Å². The summed E-state index contributed by atoms with van der Waals surface area (Å²) in [5.41, 5.74) is 7.09. The predicted molar refractivity (Wildman–Crippen MR) is 138 cm³/mol. The van der Waals surface area contributed by atoms with Crippen LogP contribution in [-0.4, -0.2) is 5.54 Å². The van der Waals surface area contributed by atoms with Crippen LogP contribution < -0.4 is 4.90 Å². The Morgan fingerprint density at radius 3 is 1.94 bits per heavy atom. The van der Waals surface area contributed by atoms with Crippen LogP contribution in [0.2, 0.25) is 0 Å². The molecule has 0 amide bonds. The number of halogens is 2. The van der Waals surface area contributed by atoms with Crippen molar-refractivity contribution in [1.29, 1.82) is 0 Å². The molecule has 0 atom stereocenters. The summed E-state index contributed by atoms with van der Waals surface area (Å²) in [5, 5.41) is 0. The second kappa shape index (κ2) is 7.80. The molecule has 4 aromatic carbocycles. The first-order valence-corrected chi connectivity index (χ1v) is 11.7. The Labute approximate surface area is 200 Å². The first kappa shape index (κ1) is 22.3. The molecule has 1 aliphatic rings. The molecule has 0 saturated heterocycles. The number of hydrogen-bond donors (Lipinski definition) is 0. The molecule has 4 aromatic rings. The van der Waals surface area contributed by atoms with Gasteiger partial charge in [0, 0.05) is 11.0 Å². The third-order valence-electron chi connectivity index (χ3n) is 6.87. The molecule has 0 aromatic heterocycles. The molecule has 0 radical (unpaired) electrons. The van der Waals surface area contributed by atoms with Crippen molar-refractivity contribution < 1.29 is 8.78 Å². The molecule has 0 heterocycles. The second-order valence-corrected chi connectivity index (χ2v) is 10.6. The van der Waals surface area contributed by atoms with Crippen LogP contribution in [0.25, 0.3) is 22.3 Å². The predicted octanol–water partition coefficient (Wildman–Crippen LogP) is 8.87. The zero-order valence-corrected chi connectivity index (χ0v) is 20.3. The average molecular weight is 454 g/mol. The molecular formula is C31H29F2N. The summed E-state index contributed by atoms with van der Waals surface area (Å²) in [6.07, 6.45) is 0. The normalized spacial score (nSPS) is 14.0. The molecule has 5 rings (SSSR count). The standard InChI is InChI=1S/C31H29F2N/c1-30(2,3)34(28-13-9-8-12-26(28)32)29-19-21(15-17-27(29)33)20-14-16-25-23(18-20)22-10-6-7-11-24(22)31(25,4)5/h6-19H,1-5H3. The monoisotopic (exact) mass is 453 g/mol. The Morgan fingerprint density at radius 1 is 0.618 bits per heavy atom. The van der Waals surface area contributed by atoms with Gasteiger partial charge in [0.25, 0.3) is 0 Å². The molecule has 0 saturated carbocycles. The van der Waals surface area contributed by atoms with Crippen LogP contribution in [-0.2, 0) is 5.41 Å². The minimum absolute atomic E-state index is 0.0632. The van der Waals surface area contributed by atoms with Gasteiger partial charge in [-0.1, -0.05) is 68.4 Å². The molecule has 1 aliphatic carbocycles. The Morgan fingerprint density at radius 2 is 1.21 bits per heavy atom. The molecule has 0 aliphatic heterocycles. The summed E-state index contributed by atoms with van der Waals surface area (Å²) < 4.78 is 30.0.